The standard InChI is InChI=1S/C5H10O4S2/c1-5-10(6,7)3-2-4-11(5,8)9/h5H,2-4H2,1H3. The van der Waals surface area contributed by atoms with Crippen LogP contribution in [0, 0.1) is 0 Å². The van der Waals surface area contributed by atoms with Gasteiger partial charge in [0, 0.05) is 0 Å². The molecule has 0 saturated carbocycles. The van der Waals surface area contributed by atoms with Crippen LogP contribution in [0.15, 0.2) is 0 Å². The Labute approximate surface area is 66.4 Å². The highest BCUT2D eigenvalue weighted by Crippen LogP contribution is 2.18. The molecular weight excluding hydrogens is 188 g/mol. The number of rotatable bonds is 0. The Morgan fingerprint density at radius 3 is 1.64 bits per heavy atom. The van der Waals surface area contributed by atoms with Crippen molar-refractivity contribution in [3.05, 3.63) is 0 Å². The van der Waals surface area contributed by atoms with E-state index >= 15 is 0 Å². The van der Waals surface area contributed by atoms with Gasteiger partial charge in [-0.25, -0.2) is 16.8 Å². The normalized spacial score (nSPS) is 29.9. The first kappa shape index (κ1) is 8.99. The van der Waals surface area contributed by atoms with Gasteiger partial charge in [0.15, 0.2) is 24.3 Å². The highest BCUT2D eigenvalue weighted by molar-refractivity contribution is 8.09. The predicted octanol–water partition coefficient (Wildman–Crippen LogP) is -0.434. The second-order valence-electron chi connectivity index (χ2n) is 2.66. The van der Waals surface area contributed by atoms with E-state index in [4.69, 9.17) is 0 Å². The topological polar surface area (TPSA) is 68.3 Å². The fourth-order valence-corrected chi connectivity index (χ4v) is 5.32. The highest BCUT2D eigenvalue weighted by Gasteiger charge is 2.36. The Morgan fingerprint density at radius 1 is 1.00 bits per heavy atom. The minimum absolute atomic E-state index is 0.00734. The first-order chi connectivity index (χ1) is 4.86. The van der Waals surface area contributed by atoms with Crippen LogP contribution in [0.4, 0.5) is 0 Å². The van der Waals surface area contributed by atoms with Gasteiger partial charge < -0.3 is 0 Å². The molecule has 0 aliphatic carbocycles. The van der Waals surface area contributed by atoms with Gasteiger partial charge in [-0.2, -0.15) is 0 Å². The largest absolute Gasteiger partial charge is 0.228 e. The molecule has 0 radical (unpaired) electrons. The van der Waals surface area contributed by atoms with Crippen molar-refractivity contribution in [2.24, 2.45) is 0 Å². The quantitative estimate of drug-likeness (QED) is 0.529. The SMILES string of the molecule is CC1S(=O)(=O)CCCS1(=O)=O. The van der Waals surface area contributed by atoms with Crippen molar-refractivity contribution >= 4 is 19.7 Å². The Morgan fingerprint density at radius 2 is 1.36 bits per heavy atom. The average Bonchev–Trinajstić information content (AvgIpc) is 1.82. The van der Waals surface area contributed by atoms with Crippen molar-refractivity contribution < 1.29 is 16.8 Å². The van der Waals surface area contributed by atoms with Gasteiger partial charge in [-0.15, -0.1) is 0 Å². The van der Waals surface area contributed by atoms with Crippen molar-refractivity contribution in [2.45, 2.75) is 17.9 Å². The summed E-state index contributed by atoms with van der Waals surface area (Å²) in [7, 11) is -6.71. The van der Waals surface area contributed by atoms with Gasteiger partial charge in [0.05, 0.1) is 11.5 Å². The molecule has 0 aromatic heterocycles. The van der Waals surface area contributed by atoms with Crippen LogP contribution < -0.4 is 0 Å². The molecule has 0 bridgehead atoms. The molecule has 66 valence electrons. The van der Waals surface area contributed by atoms with Crippen molar-refractivity contribution in [2.75, 3.05) is 11.5 Å². The summed E-state index contributed by atoms with van der Waals surface area (Å²) in [4.78, 5) is 0. The Balaban J connectivity index is 3.15. The van der Waals surface area contributed by atoms with Crippen LogP contribution >= 0.6 is 0 Å². The van der Waals surface area contributed by atoms with Crippen LogP contribution in [0.3, 0.4) is 0 Å². The summed E-state index contributed by atoms with van der Waals surface area (Å²) < 4.78 is 42.9. The molecule has 0 amide bonds. The van der Waals surface area contributed by atoms with Gasteiger partial charge >= 0.3 is 0 Å². The predicted molar refractivity (Wildman–Crippen MR) is 41.7 cm³/mol. The zero-order valence-electron chi connectivity index (χ0n) is 6.15. The summed E-state index contributed by atoms with van der Waals surface area (Å²) in [6, 6.07) is 0. The van der Waals surface area contributed by atoms with Crippen molar-refractivity contribution in [3.63, 3.8) is 0 Å². The second-order valence-corrected chi connectivity index (χ2v) is 7.84. The first-order valence-corrected chi connectivity index (χ1v) is 6.72. The highest BCUT2D eigenvalue weighted by atomic mass is 32.3. The molecule has 1 heterocycles. The number of hydrogen-bond acceptors (Lipinski definition) is 4. The van der Waals surface area contributed by atoms with Crippen molar-refractivity contribution in [1.29, 1.82) is 0 Å². The molecule has 0 atom stereocenters. The van der Waals surface area contributed by atoms with Crippen LogP contribution in [0.5, 0.6) is 0 Å². The molecule has 1 fully saturated rings. The maximum Gasteiger partial charge on any atom is 0.167 e. The summed E-state index contributed by atoms with van der Waals surface area (Å²) in [5.41, 5.74) is 0. The van der Waals surface area contributed by atoms with Crippen LogP contribution in [0.25, 0.3) is 0 Å². The zero-order chi connectivity index (χ0) is 8.70. The summed E-state index contributed by atoms with van der Waals surface area (Å²) in [6.45, 7) is 1.24. The lowest BCUT2D eigenvalue weighted by atomic mass is 10.6. The molecule has 1 rings (SSSR count). The number of sulfone groups is 2. The lowest BCUT2D eigenvalue weighted by Crippen LogP contribution is -2.36. The van der Waals surface area contributed by atoms with Crippen LogP contribution in [0.1, 0.15) is 13.3 Å². The third-order valence-corrected chi connectivity index (χ3v) is 7.37. The van der Waals surface area contributed by atoms with Gasteiger partial charge in [-0.3, -0.25) is 0 Å². The molecule has 11 heavy (non-hydrogen) atoms. The van der Waals surface area contributed by atoms with Crippen LogP contribution in [-0.2, 0) is 19.7 Å². The molecule has 6 heteroatoms. The van der Waals surface area contributed by atoms with E-state index < -0.39 is 24.3 Å². The van der Waals surface area contributed by atoms with E-state index in [0.717, 1.165) is 0 Å². The van der Waals surface area contributed by atoms with Gasteiger partial charge in [0.25, 0.3) is 0 Å². The van der Waals surface area contributed by atoms with Crippen LogP contribution in [0.2, 0.25) is 0 Å². The first-order valence-electron chi connectivity index (χ1n) is 3.29. The molecule has 0 N–H and O–H groups in total. The Hall–Kier alpha value is -0.100. The van der Waals surface area contributed by atoms with E-state index in [1.54, 1.807) is 0 Å². The fraction of sp³-hybridized carbons (Fsp3) is 1.00. The minimum atomic E-state index is -3.36. The monoisotopic (exact) mass is 198 g/mol. The molecule has 1 aliphatic heterocycles. The molecule has 0 aromatic carbocycles. The lowest BCUT2D eigenvalue weighted by molar-refractivity contribution is 0.569. The molecule has 1 aliphatic rings. The summed E-state index contributed by atoms with van der Waals surface area (Å²) >= 11 is 0. The third kappa shape index (κ3) is 1.56. The van der Waals surface area contributed by atoms with Crippen molar-refractivity contribution in [3.8, 4) is 0 Å². The second kappa shape index (κ2) is 2.45. The lowest BCUT2D eigenvalue weighted by Gasteiger charge is -2.18. The van der Waals surface area contributed by atoms with E-state index in [-0.39, 0.29) is 17.9 Å². The third-order valence-electron chi connectivity index (χ3n) is 1.87. The summed E-state index contributed by atoms with van der Waals surface area (Å²) in [6.07, 6.45) is 0.245. The zero-order valence-corrected chi connectivity index (χ0v) is 7.78. The molecule has 4 nitrogen and oxygen atoms in total. The number of hydrogen-bond donors (Lipinski definition) is 0. The van der Waals surface area contributed by atoms with Gasteiger partial charge in [-0.05, 0) is 13.3 Å². The smallest absolute Gasteiger partial charge is 0.167 e. The molecular formula is C5H10O4S2. The maximum absolute atomic E-state index is 11.0. The summed E-state index contributed by atoms with van der Waals surface area (Å²) in [5, 5.41) is 0. The fourth-order valence-electron chi connectivity index (χ4n) is 1.02. The Bertz CT molecular complexity index is 303. The average molecular weight is 198 g/mol. The van der Waals surface area contributed by atoms with Gasteiger partial charge in [0.2, 0.25) is 0 Å². The molecule has 0 spiro atoms. The van der Waals surface area contributed by atoms with E-state index in [0.29, 0.717) is 0 Å². The van der Waals surface area contributed by atoms with Crippen LogP contribution in [-0.4, -0.2) is 32.9 Å². The van der Waals surface area contributed by atoms with E-state index in [1.807, 2.05) is 0 Å². The van der Waals surface area contributed by atoms with E-state index in [9.17, 15) is 16.8 Å². The molecule has 0 unspecified atom stereocenters. The minimum Gasteiger partial charge on any atom is -0.228 e. The molecule has 0 aromatic rings. The van der Waals surface area contributed by atoms with Gasteiger partial charge in [-0.1, -0.05) is 0 Å². The summed E-state index contributed by atoms with van der Waals surface area (Å²) in [5.74, 6) is 0.0147. The van der Waals surface area contributed by atoms with E-state index in [2.05, 4.69) is 0 Å². The van der Waals surface area contributed by atoms with Crippen molar-refractivity contribution in [1.82, 2.24) is 0 Å². The van der Waals surface area contributed by atoms with Gasteiger partial charge in [0.1, 0.15) is 0 Å². The Kier molecular flexibility index (Phi) is 2.00. The maximum atomic E-state index is 11.0. The van der Waals surface area contributed by atoms with E-state index in [1.165, 1.54) is 6.92 Å². The molecule has 1 saturated heterocycles.